The number of carboxylic acids is 1. The summed E-state index contributed by atoms with van der Waals surface area (Å²) in [7, 11) is 0. The molecule has 0 aromatic carbocycles. The molecule has 5 heteroatoms. The van der Waals surface area contributed by atoms with Gasteiger partial charge in [-0.05, 0) is 19.1 Å². The van der Waals surface area contributed by atoms with E-state index in [-0.39, 0.29) is 5.56 Å². The predicted molar refractivity (Wildman–Crippen MR) is 53.1 cm³/mol. The molecule has 0 aliphatic rings. The first-order valence-electron chi connectivity index (χ1n) is 4.38. The van der Waals surface area contributed by atoms with Gasteiger partial charge < -0.3 is 5.11 Å². The molecule has 2 rings (SSSR count). The Hall–Kier alpha value is -2.17. The van der Waals surface area contributed by atoms with Crippen molar-refractivity contribution in [2.24, 2.45) is 0 Å². The molecule has 76 valence electrons. The molecule has 2 aromatic heterocycles. The van der Waals surface area contributed by atoms with E-state index in [1.165, 1.54) is 10.9 Å². The number of rotatable bonds is 2. The van der Waals surface area contributed by atoms with Crippen LogP contribution in [-0.2, 0) is 0 Å². The molecule has 2 heterocycles. The summed E-state index contributed by atoms with van der Waals surface area (Å²) in [6, 6.07) is 3.52. The van der Waals surface area contributed by atoms with Crippen LogP contribution < -0.4 is 0 Å². The second kappa shape index (κ2) is 3.53. The molecule has 0 atom stereocenters. The lowest BCUT2D eigenvalue weighted by Gasteiger charge is -1.97. The summed E-state index contributed by atoms with van der Waals surface area (Å²) in [5.74, 6) is -0.965. The van der Waals surface area contributed by atoms with Crippen molar-refractivity contribution in [3.63, 3.8) is 0 Å². The number of carbonyl (C=O) groups is 1. The number of carboxylic acid groups (broad SMARTS) is 1. The fourth-order valence-corrected chi connectivity index (χ4v) is 1.30. The minimum Gasteiger partial charge on any atom is -0.478 e. The van der Waals surface area contributed by atoms with Crippen LogP contribution in [0.1, 0.15) is 16.1 Å². The minimum absolute atomic E-state index is 0.215. The molecular formula is C10H9N3O2. The first kappa shape index (κ1) is 9.39. The molecule has 0 bridgehead atoms. The Labute approximate surface area is 86.0 Å². The SMILES string of the molecule is Cc1nn(-c2ccncc2)cc1C(=O)O. The Balaban J connectivity index is 2.48. The van der Waals surface area contributed by atoms with Crippen LogP contribution in [0.4, 0.5) is 0 Å². The maximum absolute atomic E-state index is 10.8. The van der Waals surface area contributed by atoms with Crippen molar-refractivity contribution in [3.8, 4) is 5.69 Å². The molecule has 0 saturated carbocycles. The Morgan fingerprint density at radius 2 is 2.07 bits per heavy atom. The van der Waals surface area contributed by atoms with Crippen molar-refractivity contribution in [2.75, 3.05) is 0 Å². The van der Waals surface area contributed by atoms with Crippen molar-refractivity contribution >= 4 is 5.97 Å². The average Bonchev–Trinajstić information content (AvgIpc) is 2.62. The third-order valence-corrected chi connectivity index (χ3v) is 2.06. The zero-order chi connectivity index (χ0) is 10.8. The smallest absolute Gasteiger partial charge is 0.339 e. The van der Waals surface area contributed by atoms with Crippen LogP contribution in [0.5, 0.6) is 0 Å². The van der Waals surface area contributed by atoms with Crippen LogP contribution in [0, 0.1) is 6.92 Å². The highest BCUT2D eigenvalue weighted by molar-refractivity contribution is 5.88. The van der Waals surface area contributed by atoms with E-state index in [0.29, 0.717) is 5.69 Å². The highest BCUT2D eigenvalue weighted by Crippen LogP contribution is 2.10. The summed E-state index contributed by atoms with van der Waals surface area (Å²) in [4.78, 5) is 14.7. The quantitative estimate of drug-likeness (QED) is 0.798. The van der Waals surface area contributed by atoms with Gasteiger partial charge in [0.25, 0.3) is 0 Å². The Kier molecular flexibility index (Phi) is 2.21. The van der Waals surface area contributed by atoms with Crippen LogP contribution in [0.2, 0.25) is 0 Å². The first-order chi connectivity index (χ1) is 7.18. The summed E-state index contributed by atoms with van der Waals surface area (Å²) in [5.41, 5.74) is 1.51. The first-order valence-corrected chi connectivity index (χ1v) is 4.38. The summed E-state index contributed by atoms with van der Waals surface area (Å²) >= 11 is 0. The lowest BCUT2D eigenvalue weighted by molar-refractivity contribution is 0.0696. The number of aryl methyl sites for hydroxylation is 1. The third-order valence-electron chi connectivity index (χ3n) is 2.06. The van der Waals surface area contributed by atoms with E-state index in [2.05, 4.69) is 10.1 Å². The van der Waals surface area contributed by atoms with Gasteiger partial charge in [0.1, 0.15) is 5.56 Å². The highest BCUT2D eigenvalue weighted by atomic mass is 16.4. The number of nitrogens with zero attached hydrogens (tertiary/aromatic N) is 3. The maximum Gasteiger partial charge on any atom is 0.339 e. The van der Waals surface area contributed by atoms with Crippen LogP contribution in [0.25, 0.3) is 5.69 Å². The number of aromatic nitrogens is 3. The molecule has 0 fully saturated rings. The fraction of sp³-hybridized carbons (Fsp3) is 0.100. The highest BCUT2D eigenvalue weighted by Gasteiger charge is 2.11. The van der Waals surface area contributed by atoms with E-state index in [0.717, 1.165) is 5.69 Å². The van der Waals surface area contributed by atoms with Crippen LogP contribution in [-0.4, -0.2) is 25.8 Å². The average molecular weight is 203 g/mol. The van der Waals surface area contributed by atoms with E-state index in [1.807, 2.05) is 0 Å². The molecule has 0 aliphatic heterocycles. The van der Waals surface area contributed by atoms with Crippen LogP contribution in [0.3, 0.4) is 0 Å². The van der Waals surface area contributed by atoms with Gasteiger partial charge in [0.15, 0.2) is 0 Å². The summed E-state index contributed by atoms with van der Waals surface area (Å²) in [6.07, 6.45) is 4.76. The van der Waals surface area contributed by atoms with Gasteiger partial charge >= 0.3 is 5.97 Å². The Bertz CT molecular complexity index is 491. The van der Waals surface area contributed by atoms with Crippen molar-refractivity contribution in [2.45, 2.75) is 6.92 Å². The van der Waals surface area contributed by atoms with Crippen LogP contribution in [0.15, 0.2) is 30.7 Å². The molecule has 0 spiro atoms. The van der Waals surface area contributed by atoms with Gasteiger partial charge in [-0.3, -0.25) is 4.98 Å². The zero-order valence-electron chi connectivity index (χ0n) is 8.08. The summed E-state index contributed by atoms with van der Waals surface area (Å²) in [5, 5.41) is 13.0. The van der Waals surface area contributed by atoms with Gasteiger partial charge in [0.05, 0.1) is 11.4 Å². The number of aromatic carboxylic acids is 1. The van der Waals surface area contributed by atoms with E-state index >= 15 is 0 Å². The molecule has 0 saturated heterocycles. The number of pyridine rings is 1. The summed E-state index contributed by atoms with van der Waals surface area (Å²) < 4.78 is 1.53. The van der Waals surface area contributed by atoms with Crippen LogP contribution >= 0.6 is 0 Å². The fourth-order valence-electron chi connectivity index (χ4n) is 1.30. The summed E-state index contributed by atoms with van der Waals surface area (Å²) in [6.45, 7) is 1.67. The lowest BCUT2D eigenvalue weighted by atomic mass is 10.3. The van der Waals surface area contributed by atoms with Gasteiger partial charge in [-0.1, -0.05) is 0 Å². The van der Waals surface area contributed by atoms with Crippen molar-refractivity contribution in [1.29, 1.82) is 0 Å². The zero-order valence-corrected chi connectivity index (χ0v) is 8.08. The minimum atomic E-state index is -0.965. The molecule has 0 amide bonds. The maximum atomic E-state index is 10.8. The van der Waals surface area contributed by atoms with Gasteiger partial charge in [0.2, 0.25) is 0 Å². The van der Waals surface area contributed by atoms with E-state index < -0.39 is 5.97 Å². The molecule has 15 heavy (non-hydrogen) atoms. The van der Waals surface area contributed by atoms with Gasteiger partial charge in [-0.25, -0.2) is 9.48 Å². The third kappa shape index (κ3) is 1.71. The van der Waals surface area contributed by atoms with Gasteiger partial charge in [-0.2, -0.15) is 5.10 Å². The normalized spacial score (nSPS) is 10.2. The predicted octanol–water partition coefficient (Wildman–Crippen LogP) is 1.27. The largest absolute Gasteiger partial charge is 0.478 e. The molecule has 2 aromatic rings. The molecule has 0 radical (unpaired) electrons. The monoisotopic (exact) mass is 203 g/mol. The molecule has 0 aliphatic carbocycles. The Morgan fingerprint density at radius 3 is 2.60 bits per heavy atom. The van der Waals surface area contributed by atoms with E-state index in [9.17, 15) is 4.79 Å². The van der Waals surface area contributed by atoms with Crippen molar-refractivity contribution < 1.29 is 9.90 Å². The van der Waals surface area contributed by atoms with Gasteiger partial charge in [-0.15, -0.1) is 0 Å². The van der Waals surface area contributed by atoms with Crippen molar-refractivity contribution in [1.82, 2.24) is 14.8 Å². The molecule has 5 nitrogen and oxygen atoms in total. The molecule has 1 N–H and O–H groups in total. The van der Waals surface area contributed by atoms with E-state index in [1.54, 1.807) is 31.5 Å². The van der Waals surface area contributed by atoms with Gasteiger partial charge in [0, 0.05) is 18.6 Å². The topological polar surface area (TPSA) is 68.0 Å². The molecule has 0 unspecified atom stereocenters. The second-order valence-corrected chi connectivity index (χ2v) is 3.08. The Morgan fingerprint density at radius 1 is 1.40 bits per heavy atom. The molecular weight excluding hydrogens is 194 g/mol. The lowest BCUT2D eigenvalue weighted by Crippen LogP contribution is -1.96. The standard InChI is InChI=1S/C10H9N3O2/c1-7-9(10(14)15)6-13(12-7)8-2-4-11-5-3-8/h2-6H,1H3,(H,14,15). The second-order valence-electron chi connectivity index (χ2n) is 3.08. The van der Waals surface area contributed by atoms with Crippen molar-refractivity contribution in [3.05, 3.63) is 42.0 Å². The number of hydrogen-bond donors (Lipinski definition) is 1. The van der Waals surface area contributed by atoms with E-state index in [4.69, 9.17) is 5.11 Å². The number of hydrogen-bond acceptors (Lipinski definition) is 3.